The number of aryl methyl sites for hydroxylation is 1. The van der Waals surface area contributed by atoms with Crippen molar-refractivity contribution >= 4 is 11.5 Å². The Morgan fingerprint density at radius 2 is 2.15 bits per heavy atom. The van der Waals surface area contributed by atoms with Gasteiger partial charge in [0.05, 0.1) is 5.56 Å². The Hall–Kier alpha value is -1.82. The Bertz CT molecular complexity index is 429. The van der Waals surface area contributed by atoms with Crippen molar-refractivity contribution in [3.05, 3.63) is 28.8 Å². The third kappa shape index (κ3) is 1.07. The van der Waals surface area contributed by atoms with Gasteiger partial charge in [0.15, 0.2) is 5.78 Å². The SMILES string of the molecule is N#Cc1cc2c(cc1N)CCC2=O. The Kier molecular flexibility index (Phi) is 1.56. The number of anilines is 1. The molecule has 0 radical (unpaired) electrons. The van der Waals surface area contributed by atoms with Gasteiger partial charge >= 0.3 is 0 Å². The third-order valence-corrected chi connectivity index (χ3v) is 2.32. The molecule has 3 heteroatoms. The number of nitrogen functional groups attached to an aromatic ring is 1. The van der Waals surface area contributed by atoms with E-state index in [1.165, 1.54) is 0 Å². The number of nitrogens with two attached hydrogens (primary N) is 1. The molecule has 0 saturated carbocycles. The van der Waals surface area contributed by atoms with E-state index in [9.17, 15) is 4.79 Å². The van der Waals surface area contributed by atoms with Crippen molar-refractivity contribution in [1.82, 2.24) is 0 Å². The van der Waals surface area contributed by atoms with Crippen LogP contribution in [0.1, 0.15) is 27.9 Å². The zero-order valence-corrected chi connectivity index (χ0v) is 7.00. The molecule has 1 aliphatic rings. The minimum absolute atomic E-state index is 0.117. The summed E-state index contributed by atoms with van der Waals surface area (Å²) in [7, 11) is 0. The van der Waals surface area contributed by atoms with Gasteiger partial charge in [-0.15, -0.1) is 0 Å². The molecule has 0 atom stereocenters. The quantitative estimate of drug-likeness (QED) is 0.599. The normalized spacial score (nSPS) is 13.9. The van der Waals surface area contributed by atoms with Crippen LogP contribution in [0, 0.1) is 11.3 Å². The molecule has 2 N–H and O–H groups in total. The minimum Gasteiger partial charge on any atom is -0.398 e. The molecule has 0 saturated heterocycles. The Morgan fingerprint density at radius 1 is 1.38 bits per heavy atom. The molecular weight excluding hydrogens is 164 g/mol. The van der Waals surface area contributed by atoms with Gasteiger partial charge in [0.25, 0.3) is 0 Å². The van der Waals surface area contributed by atoms with E-state index in [2.05, 4.69) is 0 Å². The number of fused-ring (bicyclic) bond motifs is 1. The minimum atomic E-state index is 0.117. The van der Waals surface area contributed by atoms with E-state index in [1.807, 2.05) is 6.07 Å². The summed E-state index contributed by atoms with van der Waals surface area (Å²) in [5.74, 6) is 0.117. The predicted molar refractivity (Wildman–Crippen MR) is 48.2 cm³/mol. The van der Waals surface area contributed by atoms with Crippen LogP contribution in [0.3, 0.4) is 0 Å². The van der Waals surface area contributed by atoms with Crippen molar-refractivity contribution in [1.29, 1.82) is 5.26 Å². The highest BCUT2D eigenvalue weighted by molar-refractivity contribution is 6.01. The first-order chi connectivity index (χ1) is 6.22. The molecule has 1 aliphatic carbocycles. The maximum atomic E-state index is 11.3. The summed E-state index contributed by atoms with van der Waals surface area (Å²) < 4.78 is 0. The molecule has 3 nitrogen and oxygen atoms in total. The van der Waals surface area contributed by atoms with E-state index >= 15 is 0 Å². The van der Waals surface area contributed by atoms with Crippen LogP contribution < -0.4 is 5.73 Å². The number of rotatable bonds is 0. The van der Waals surface area contributed by atoms with Gasteiger partial charge in [-0.3, -0.25) is 4.79 Å². The van der Waals surface area contributed by atoms with Crippen LogP contribution >= 0.6 is 0 Å². The Labute approximate surface area is 75.8 Å². The topological polar surface area (TPSA) is 66.9 Å². The molecule has 1 aromatic rings. The number of hydrogen-bond donors (Lipinski definition) is 1. The second-order valence-electron chi connectivity index (χ2n) is 3.13. The Balaban J connectivity index is 2.66. The van der Waals surface area contributed by atoms with Crippen molar-refractivity contribution in [3.63, 3.8) is 0 Å². The monoisotopic (exact) mass is 172 g/mol. The van der Waals surface area contributed by atoms with Crippen molar-refractivity contribution < 1.29 is 4.79 Å². The summed E-state index contributed by atoms with van der Waals surface area (Å²) in [6.45, 7) is 0. The maximum absolute atomic E-state index is 11.3. The van der Waals surface area contributed by atoms with Gasteiger partial charge in [-0.05, 0) is 24.1 Å². The van der Waals surface area contributed by atoms with Crippen LogP contribution in [0.4, 0.5) is 5.69 Å². The number of carbonyl (C=O) groups is 1. The summed E-state index contributed by atoms with van der Waals surface area (Å²) in [5, 5.41) is 8.69. The fourth-order valence-corrected chi connectivity index (χ4v) is 1.61. The fraction of sp³-hybridized carbons (Fsp3) is 0.200. The lowest BCUT2D eigenvalue weighted by molar-refractivity contribution is 0.0994. The average molecular weight is 172 g/mol. The van der Waals surface area contributed by atoms with Crippen LogP contribution in [0.5, 0.6) is 0 Å². The molecule has 0 aromatic heterocycles. The number of benzene rings is 1. The van der Waals surface area contributed by atoms with Gasteiger partial charge in [-0.1, -0.05) is 0 Å². The number of carbonyl (C=O) groups excluding carboxylic acids is 1. The van der Waals surface area contributed by atoms with Gasteiger partial charge in [-0.25, -0.2) is 0 Å². The van der Waals surface area contributed by atoms with Crippen molar-refractivity contribution in [2.24, 2.45) is 0 Å². The van der Waals surface area contributed by atoms with Crippen molar-refractivity contribution in [2.45, 2.75) is 12.8 Å². The van der Waals surface area contributed by atoms with Gasteiger partial charge in [0.1, 0.15) is 6.07 Å². The van der Waals surface area contributed by atoms with Crippen LogP contribution in [0.15, 0.2) is 12.1 Å². The smallest absolute Gasteiger partial charge is 0.163 e. The van der Waals surface area contributed by atoms with E-state index < -0.39 is 0 Å². The molecule has 13 heavy (non-hydrogen) atoms. The Morgan fingerprint density at radius 3 is 2.85 bits per heavy atom. The summed E-state index contributed by atoms with van der Waals surface area (Å²) in [4.78, 5) is 11.3. The summed E-state index contributed by atoms with van der Waals surface area (Å²) in [6, 6.07) is 5.30. The second-order valence-corrected chi connectivity index (χ2v) is 3.13. The molecule has 0 fully saturated rings. The summed E-state index contributed by atoms with van der Waals surface area (Å²) >= 11 is 0. The lowest BCUT2D eigenvalue weighted by Crippen LogP contribution is -1.96. The molecule has 1 aromatic carbocycles. The number of hydrogen-bond acceptors (Lipinski definition) is 3. The van der Waals surface area contributed by atoms with Gasteiger partial charge in [-0.2, -0.15) is 5.26 Å². The molecule has 0 bridgehead atoms. The van der Waals surface area contributed by atoms with Gasteiger partial charge in [0, 0.05) is 17.7 Å². The number of Topliss-reactive ketones (excluding diaryl/α,β-unsaturated/α-hetero) is 1. The molecule has 2 rings (SSSR count). The van der Waals surface area contributed by atoms with E-state index in [0.717, 1.165) is 12.0 Å². The van der Waals surface area contributed by atoms with Crippen LogP contribution in [-0.4, -0.2) is 5.78 Å². The summed E-state index contributed by atoms with van der Waals surface area (Å²) in [5.41, 5.74) is 8.13. The lowest BCUT2D eigenvalue weighted by Gasteiger charge is -2.01. The molecular formula is C10H8N2O. The van der Waals surface area contributed by atoms with E-state index in [1.54, 1.807) is 12.1 Å². The highest BCUT2D eigenvalue weighted by atomic mass is 16.1. The first kappa shape index (κ1) is 7.81. The van der Waals surface area contributed by atoms with Gasteiger partial charge in [0.2, 0.25) is 0 Å². The van der Waals surface area contributed by atoms with E-state index in [-0.39, 0.29) is 5.78 Å². The van der Waals surface area contributed by atoms with Crippen LogP contribution in [-0.2, 0) is 6.42 Å². The maximum Gasteiger partial charge on any atom is 0.163 e. The number of ketones is 1. The zero-order valence-electron chi connectivity index (χ0n) is 7.00. The van der Waals surface area contributed by atoms with E-state index in [4.69, 9.17) is 11.0 Å². The van der Waals surface area contributed by atoms with Crippen molar-refractivity contribution in [3.8, 4) is 6.07 Å². The van der Waals surface area contributed by atoms with Crippen LogP contribution in [0.2, 0.25) is 0 Å². The molecule has 0 aliphatic heterocycles. The third-order valence-electron chi connectivity index (χ3n) is 2.32. The molecule has 0 heterocycles. The first-order valence-corrected chi connectivity index (χ1v) is 4.08. The highest BCUT2D eigenvalue weighted by Gasteiger charge is 2.20. The predicted octanol–water partition coefficient (Wildman–Crippen LogP) is 1.27. The first-order valence-electron chi connectivity index (χ1n) is 4.08. The molecule has 0 spiro atoms. The highest BCUT2D eigenvalue weighted by Crippen LogP contribution is 2.26. The lowest BCUT2D eigenvalue weighted by atomic mass is 10.0. The molecule has 64 valence electrons. The van der Waals surface area contributed by atoms with Crippen molar-refractivity contribution in [2.75, 3.05) is 5.73 Å². The fourth-order valence-electron chi connectivity index (χ4n) is 1.61. The average Bonchev–Trinajstić information content (AvgIpc) is 2.46. The molecule has 0 amide bonds. The van der Waals surface area contributed by atoms with Gasteiger partial charge < -0.3 is 5.73 Å². The zero-order chi connectivity index (χ0) is 9.42. The largest absolute Gasteiger partial charge is 0.398 e. The van der Waals surface area contributed by atoms with E-state index in [0.29, 0.717) is 23.2 Å². The summed E-state index contributed by atoms with van der Waals surface area (Å²) in [6.07, 6.45) is 1.30. The molecule has 0 unspecified atom stereocenters. The number of nitriles is 1. The second kappa shape index (κ2) is 2.60. The van der Waals surface area contributed by atoms with Crippen LogP contribution in [0.25, 0.3) is 0 Å². The standard InChI is InChI=1S/C10H8N2O/c11-5-7-3-8-6(4-9(7)12)1-2-10(8)13/h3-4H,1-2,12H2. The number of nitrogens with zero attached hydrogens (tertiary/aromatic N) is 1.